The van der Waals surface area contributed by atoms with E-state index in [0.717, 1.165) is 30.5 Å². The van der Waals surface area contributed by atoms with Gasteiger partial charge in [0.15, 0.2) is 0 Å². The Labute approximate surface area is 143 Å². The van der Waals surface area contributed by atoms with Crippen LogP contribution in [0.2, 0.25) is 0 Å². The Morgan fingerprint density at radius 3 is 2.33 bits per heavy atom. The number of aliphatic hydroxyl groups is 1. The molecule has 24 heavy (non-hydrogen) atoms. The molecule has 126 valence electrons. The summed E-state index contributed by atoms with van der Waals surface area (Å²) in [5.41, 5.74) is 2.44. The third-order valence-corrected chi connectivity index (χ3v) is 4.69. The van der Waals surface area contributed by atoms with Crippen molar-refractivity contribution in [1.29, 1.82) is 0 Å². The van der Waals surface area contributed by atoms with Crippen LogP contribution in [0.5, 0.6) is 0 Å². The maximum absolute atomic E-state index is 12.7. The van der Waals surface area contributed by atoms with Crippen molar-refractivity contribution in [3.63, 3.8) is 0 Å². The fourth-order valence-corrected chi connectivity index (χ4v) is 3.08. The Balaban J connectivity index is 1.65. The van der Waals surface area contributed by atoms with E-state index in [1.165, 1.54) is 5.56 Å². The van der Waals surface area contributed by atoms with Gasteiger partial charge >= 0.3 is 0 Å². The SMILES string of the molecule is CC(C)(O)CCc1ccc(C(=O)N2CC[C@H]2c2ccccc2)cc1. The first-order chi connectivity index (χ1) is 11.4. The van der Waals surface area contributed by atoms with Gasteiger partial charge in [-0.15, -0.1) is 0 Å². The molecule has 2 aromatic rings. The van der Waals surface area contributed by atoms with E-state index in [1.807, 2.05) is 61.2 Å². The number of amides is 1. The van der Waals surface area contributed by atoms with Gasteiger partial charge in [-0.25, -0.2) is 0 Å². The number of benzene rings is 2. The molecule has 1 amide bonds. The third kappa shape index (κ3) is 3.85. The topological polar surface area (TPSA) is 40.5 Å². The summed E-state index contributed by atoms with van der Waals surface area (Å²) < 4.78 is 0. The van der Waals surface area contributed by atoms with E-state index < -0.39 is 5.60 Å². The molecule has 1 fully saturated rings. The number of likely N-dealkylation sites (tertiary alicyclic amines) is 1. The van der Waals surface area contributed by atoms with E-state index >= 15 is 0 Å². The first-order valence-corrected chi connectivity index (χ1v) is 8.61. The Morgan fingerprint density at radius 1 is 1.12 bits per heavy atom. The minimum Gasteiger partial charge on any atom is -0.390 e. The zero-order chi connectivity index (χ0) is 17.2. The van der Waals surface area contributed by atoms with Gasteiger partial charge in [0.2, 0.25) is 0 Å². The van der Waals surface area contributed by atoms with Crippen molar-refractivity contribution in [3.05, 3.63) is 71.3 Å². The molecule has 0 aromatic heterocycles. The average Bonchev–Trinajstić information content (AvgIpc) is 2.53. The van der Waals surface area contributed by atoms with E-state index in [-0.39, 0.29) is 11.9 Å². The molecule has 0 bridgehead atoms. The number of rotatable bonds is 5. The number of carbonyl (C=O) groups excluding carboxylic acids is 1. The smallest absolute Gasteiger partial charge is 0.254 e. The molecule has 1 atom stereocenters. The van der Waals surface area contributed by atoms with Gasteiger partial charge in [-0.05, 0) is 56.4 Å². The standard InChI is InChI=1S/C21H25NO2/c1-21(2,24)14-12-16-8-10-18(11-9-16)20(23)22-15-13-19(22)17-6-4-3-5-7-17/h3-11,19,24H,12-15H2,1-2H3/t19-/m0/s1. The molecule has 0 aliphatic carbocycles. The maximum Gasteiger partial charge on any atom is 0.254 e. The molecule has 1 saturated heterocycles. The molecule has 1 heterocycles. The summed E-state index contributed by atoms with van der Waals surface area (Å²) in [5, 5.41) is 9.81. The lowest BCUT2D eigenvalue weighted by atomic mass is 9.93. The van der Waals surface area contributed by atoms with Gasteiger partial charge in [-0.2, -0.15) is 0 Å². The molecule has 3 heteroatoms. The summed E-state index contributed by atoms with van der Waals surface area (Å²) in [6.45, 7) is 4.45. The van der Waals surface area contributed by atoms with Crippen molar-refractivity contribution in [2.24, 2.45) is 0 Å². The average molecular weight is 323 g/mol. The van der Waals surface area contributed by atoms with Gasteiger partial charge in [0.05, 0.1) is 11.6 Å². The molecule has 0 spiro atoms. The Morgan fingerprint density at radius 2 is 1.79 bits per heavy atom. The van der Waals surface area contributed by atoms with Crippen molar-refractivity contribution in [2.45, 2.75) is 44.8 Å². The highest BCUT2D eigenvalue weighted by molar-refractivity contribution is 5.95. The highest BCUT2D eigenvalue weighted by Gasteiger charge is 2.33. The molecule has 3 rings (SSSR count). The van der Waals surface area contributed by atoms with Gasteiger partial charge in [0.25, 0.3) is 5.91 Å². The van der Waals surface area contributed by atoms with Crippen LogP contribution in [-0.4, -0.2) is 28.1 Å². The summed E-state index contributed by atoms with van der Waals surface area (Å²) >= 11 is 0. The highest BCUT2D eigenvalue weighted by atomic mass is 16.3. The largest absolute Gasteiger partial charge is 0.390 e. The van der Waals surface area contributed by atoms with Crippen molar-refractivity contribution >= 4 is 5.91 Å². The monoisotopic (exact) mass is 323 g/mol. The highest BCUT2D eigenvalue weighted by Crippen LogP contribution is 2.34. The van der Waals surface area contributed by atoms with Crippen molar-refractivity contribution < 1.29 is 9.90 Å². The van der Waals surface area contributed by atoms with Crippen LogP contribution in [0.3, 0.4) is 0 Å². The minimum absolute atomic E-state index is 0.101. The van der Waals surface area contributed by atoms with E-state index in [0.29, 0.717) is 6.42 Å². The number of nitrogens with zero attached hydrogens (tertiary/aromatic N) is 1. The van der Waals surface area contributed by atoms with Gasteiger partial charge in [-0.3, -0.25) is 4.79 Å². The lowest BCUT2D eigenvalue weighted by molar-refractivity contribution is 0.0460. The van der Waals surface area contributed by atoms with Crippen molar-refractivity contribution in [3.8, 4) is 0 Å². The molecule has 2 aromatic carbocycles. The van der Waals surface area contributed by atoms with Gasteiger partial charge in [0, 0.05) is 12.1 Å². The summed E-state index contributed by atoms with van der Waals surface area (Å²) in [7, 11) is 0. The van der Waals surface area contributed by atoms with Gasteiger partial charge in [0.1, 0.15) is 0 Å². The zero-order valence-electron chi connectivity index (χ0n) is 14.4. The van der Waals surface area contributed by atoms with E-state index in [2.05, 4.69) is 12.1 Å². The summed E-state index contributed by atoms with van der Waals surface area (Å²) in [6.07, 6.45) is 2.55. The van der Waals surface area contributed by atoms with Crippen LogP contribution in [0.1, 0.15) is 54.2 Å². The van der Waals surface area contributed by atoms with Crippen molar-refractivity contribution in [2.75, 3.05) is 6.54 Å². The first kappa shape index (κ1) is 16.7. The van der Waals surface area contributed by atoms with E-state index in [9.17, 15) is 9.90 Å². The number of carbonyl (C=O) groups is 1. The molecule has 1 aliphatic rings. The summed E-state index contributed by atoms with van der Waals surface area (Å²) in [4.78, 5) is 14.7. The minimum atomic E-state index is -0.658. The maximum atomic E-state index is 12.7. The van der Waals surface area contributed by atoms with Crippen LogP contribution in [0.25, 0.3) is 0 Å². The first-order valence-electron chi connectivity index (χ1n) is 8.61. The normalized spacial score (nSPS) is 17.5. The molecule has 0 radical (unpaired) electrons. The van der Waals surface area contributed by atoms with Crippen LogP contribution >= 0.6 is 0 Å². The van der Waals surface area contributed by atoms with Crippen LogP contribution < -0.4 is 0 Å². The fraction of sp³-hybridized carbons (Fsp3) is 0.381. The second-order valence-corrected chi connectivity index (χ2v) is 7.22. The lowest BCUT2D eigenvalue weighted by Crippen LogP contribution is -2.45. The van der Waals surface area contributed by atoms with Crippen LogP contribution in [0, 0.1) is 0 Å². The molecular formula is C21H25NO2. The van der Waals surface area contributed by atoms with Gasteiger partial charge < -0.3 is 10.0 Å². The number of hydrogen-bond acceptors (Lipinski definition) is 2. The van der Waals surface area contributed by atoms with Gasteiger partial charge in [-0.1, -0.05) is 42.5 Å². The Kier molecular flexibility index (Phi) is 4.72. The summed E-state index contributed by atoms with van der Waals surface area (Å²) in [5.74, 6) is 0.101. The van der Waals surface area contributed by atoms with Crippen molar-refractivity contribution in [1.82, 2.24) is 4.90 Å². The Bertz CT molecular complexity index is 686. The second kappa shape index (κ2) is 6.78. The molecule has 3 nitrogen and oxygen atoms in total. The van der Waals surface area contributed by atoms with Crippen LogP contribution in [0.4, 0.5) is 0 Å². The zero-order valence-corrected chi connectivity index (χ0v) is 14.4. The predicted octanol–water partition coefficient (Wildman–Crippen LogP) is 3.98. The van der Waals surface area contributed by atoms with Crippen LogP contribution in [-0.2, 0) is 6.42 Å². The number of hydrogen-bond donors (Lipinski definition) is 1. The Hall–Kier alpha value is -2.13. The molecule has 1 aliphatic heterocycles. The third-order valence-electron chi connectivity index (χ3n) is 4.69. The van der Waals surface area contributed by atoms with Crippen LogP contribution in [0.15, 0.2) is 54.6 Å². The second-order valence-electron chi connectivity index (χ2n) is 7.22. The fourth-order valence-electron chi connectivity index (χ4n) is 3.08. The summed E-state index contributed by atoms with van der Waals surface area (Å²) in [6, 6.07) is 18.2. The molecule has 1 N–H and O–H groups in total. The molecule has 0 saturated carbocycles. The molecular weight excluding hydrogens is 298 g/mol. The number of aryl methyl sites for hydroxylation is 1. The lowest BCUT2D eigenvalue weighted by Gasteiger charge is -2.41. The molecule has 0 unspecified atom stereocenters. The predicted molar refractivity (Wildman–Crippen MR) is 95.9 cm³/mol. The van der Waals surface area contributed by atoms with E-state index in [1.54, 1.807) is 0 Å². The quantitative estimate of drug-likeness (QED) is 0.904. The van der Waals surface area contributed by atoms with E-state index in [4.69, 9.17) is 0 Å².